The van der Waals surface area contributed by atoms with E-state index in [4.69, 9.17) is 0 Å². The molecule has 0 aromatic heterocycles. The minimum atomic E-state index is 0.415. The number of hydrogen-bond acceptors (Lipinski definition) is 1. The van der Waals surface area contributed by atoms with E-state index in [1.165, 1.54) is 49.7 Å². The number of hydrogen-bond donors (Lipinski definition) is 1. The smallest absolute Gasteiger partial charge is 0.0939 e. The van der Waals surface area contributed by atoms with Crippen LogP contribution in [0.4, 0.5) is 0 Å². The molecule has 0 spiro atoms. The van der Waals surface area contributed by atoms with Gasteiger partial charge in [0.25, 0.3) is 0 Å². The summed E-state index contributed by atoms with van der Waals surface area (Å²) >= 11 is 0. The van der Waals surface area contributed by atoms with Crippen LogP contribution in [0.3, 0.4) is 0 Å². The molecule has 2 fully saturated rings. The van der Waals surface area contributed by atoms with Gasteiger partial charge in [0.2, 0.25) is 0 Å². The third-order valence-electron chi connectivity index (χ3n) is 4.24. The van der Waals surface area contributed by atoms with Crippen molar-refractivity contribution in [1.29, 1.82) is 0 Å². The first-order chi connectivity index (χ1) is 6.26. The molecule has 2 aliphatic heterocycles. The van der Waals surface area contributed by atoms with E-state index in [1.54, 1.807) is 0 Å². The predicted octanol–water partition coefficient (Wildman–Crippen LogP) is 1.39. The lowest BCUT2D eigenvalue weighted by Crippen LogP contribution is -2.61. The van der Waals surface area contributed by atoms with E-state index in [1.807, 2.05) is 0 Å². The molecule has 0 radical (unpaired) electrons. The number of quaternary nitrogens is 1. The van der Waals surface area contributed by atoms with Crippen LogP contribution in [-0.2, 0) is 0 Å². The van der Waals surface area contributed by atoms with Crippen LogP contribution >= 0.6 is 0 Å². The van der Waals surface area contributed by atoms with Crippen molar-refractivity contribution >= 4 is 0 Å². The highest BCUT2D eigenvalue weighted by molar-refractivity contribution is 4.77. The minimum absolute atomic E-state index is 0.415. The molecule has 76 valence electrons. The highest BCUT2D eigenvalue weighted by atomic mass is 16.3. The number of fused-ring (bicyclic) bond motifs is 1. The van der Waals surface area contributed by atoms with Crippen LogP contribution in [0.2, 0.25) is 0 Å². The first kappa shape index (κ1) is 9.47. The highest BCUT2D eigenvalue weighted by Gasteiger charge is 2.42. The molecule has 13 heavy (non-hydrogen) atoms. The number of piperidine rings is 2. The molecule has 2 rings (SSSR count). The van der Waals surface area contributed by atoms with Gasteiger partial charge in [-0.2, -0.15) is 0 Å². The third-order valence-corrected chi connectivity index (χ3v) is 4.24. The molecule has 2 nitrogen and oxygen atoms in total. The molecule has 0 aliphatic carbocycles. The monoisotopic (exact) mass is 184 g/mol. The Morgan fingerprint density at radius 2 is 1.92 bits per heavy atom. The molecule has 2 aliphatic rings. The maximum atomic E-state index is 9.33. The van der Waals surface area contributed by atoms with Gasteiger partial charge in [0, 0.05) is 12.3 Å². The Balaban J connectivity index is 2.11. The van der Waals surface area contributed by atoms with Crippen molar-refractivity contribution < 1.29 is 9.59 Å². The van der Waals surface area contributed by atoms with Crippen molar-refractivity contribution in [2.75, 3.05) is 26.7 Å². The molecule has 0 bridgehead atoms. The summed E-state index contributed by atoms with van der Waals surface area (Å²) in [6, 6.07) is 0.771. The lowest BCUT2D eigenvalue weighted by molar-refractivity contribution is -0.947. The Hall–Kier alpha value is -0.0800. The molecule has 2 heteroatoms. The number of aliphatic hydroxyl groups is 1. The first-order valence-electron chi connectivity index (χ1n) is 5.71. The average Bonchev–Trinajstić information content (AvgIpc) is 2.15. The summed E-state index contributed by atoms with van der Waals surface area (Å²) in [7, 11) is 2.39. The van der Waals surface area contributed by atoms with Crippen molar-refractivity contribution in [3.05, 3.63) is 0 Å². The van der Waals surface area contributed by atoms with E-state index < -0.39 is 0 Å². The molecular formula is C11H22NO+. The molecule has 0 aromatic rings. The lowest BCUT2D eigenvalue weighted by Gasteiger charge is -2.50. The maximum Gasteiger partial charge on any atom is 0.0939 e. The zero-order valence-electron chi connectivity index (χ0n) is 8.71. The van der Waals surface area contributed by atoms with Crippen LogP contribution in [0.15, 0.2) is 0 Å². The predicted molar refractivity (Wildman–Crippen MR) is 53.4 cm³/mol. The molecule has 3 atom stereocenters. The summed E-state index contributed by atoms with van der Waals surface area (Å²) in [6.45, 7) is 3.11. The van der Waals surface area contributed by atoms with Crippen molar-refractivity contribution in [3.8, 4) is 0 Å². The zero-order chi connectivity index (χ0) is 9.31. The van der Waals surface area contributed by atoms with Gasteiger partial charge in [0.15, 0.2) is 0 Å². The molecule has 1 N–H and O–H groups in total. The van der Waals surface area contributed by atoms with E-state index in [9.17, 15) is 5.11 Å². The highest BCUT2D eigenvalue weighted by Crippen LogP contribution is 2.35. The van der Waals surface area contributed by atoms with Gasteiger partial charge in [-0.1, -0.05) is 0 Å². The number of aliphatic hydroxyl groups excluding tert-OH is 1. The number of rotatable bonds is 1. The fourth-order valence-electron chi connectivity index (χ4n) is 3.45. The number of nitrogens with zero attached hydrogens (tertiary/aromatic N) is 1. The van der Waals surface area contributed by atoms with Gasteiger partial charge in [-0.15, -0.1) is 0 Å². The van der Waals surface area contributed by atoms with Crippen molar-refractivity contribution in [3.63, 3.8) is 0 Å². The lowest BCUT2D eigenvalue weighted by atomic mass is 9.82. The molecule has 0 aromatic carbocycles. The Kier molecular flexibility index (Phi) is 2.61. The second kappa shape index (κ2) is 3.58. The van der Waals surface area contributed by atoms with Gasteiger partial charge < -0.3 is 9.59 Å². The van der Waals surface area contributed by atoms with Crippen LogP contribution in [0.5, 0.6) is 0 Å². The van der Waals surface area contributed by atoms with Gasteiger partial charge in [0.05, 0.1) is 32.8 Å². The second-order valence-corrected chi connectivity index (χ2v) is 5.07. The Morgan fingerprint density at radius 3 is 2.69 bits per heavy atom. The van der Waals surface area contributed by atoms with E-state index >= 15 is 0 Å². The minimum Gasteiger partial charge on any atom is -0.396 e. The van der Waals surface area contributed by atoms with Crippen molar-refractivity contribution in [2.45, 2.75) is 38.1 Å². The van der Waals surface area contributed by atoms with Crippen LogP contribution < -0.4 is 0 Å². The van der Waals surface area contributed by atoms with Gasteiger partial charge in [-0.3, -0.25) is 0 Å². The van der Waals surface area contributed by atoms with Crippen LogP contribution in [-0.4, -0.2) is 42.4 Å². The van der Waals surface area contributed by atoms with Gasteiger partial charge in [-0.25, -0.2) is 0 Å². The molecule has 2 heterocycles. The van der Waals surface area contributed by atoms with E-state index in [0.29, 0.717) is 12.5 Å². The van der Waals surface area contributed by atoms with Crippen molar-refractivity contribution in [2.24, 2.45) is 5.92 Å². The van der Waals surface area contributed by atoms with Crippen molar-refractivity contribution in [1.82, 2.24) is 0 Å². The van der Waals surface area contributed by atoms with Crippen LogP contribution in [0.25, 0.3) is 0 Å². The second-order valence-electron chi connectivity index (χ2n) is 5.07. The first-order valence-corrected chi connectivity index (χ1v) is 5.71. The molecule has 0 amide bonds. The largest absolute Gasteiger partial charge is 0.396 e. The summed E-state index contributed by atoms with van der Waals surface area (Å²) in [5, 5.41) is 9.33. The summed E-state index contributed by atoms with van der Waals surface area (Å²) in [6.07, 6.45) is 6.70. The summed E-state index contributed by atoms with van der Waals surface area (Å²) in [5.74, 6) is 0.596. The summed E-state index contributed by atoms with van der Waals surface area (Å²) < 4.78 is 1.26. The molecule has 0 unspecified atom stereocenters. The normalized spacial score (nSPS) is 45.7. The van der Waals surface area contributed by atoms with E-state index in [-0.39, 0.29) is 0 Å². The Labute approximate surface area is 81.1 Å². The quantitative estimate of drug-likeness (QED) is 0.611. The molecule has 2 saturated heterocycles. The topological polar surface area (TPSA) is 20.2 Å². The molecule has 0 saturated carbocycles. The van der Waals surface area contributed by atoms with Gasteiger partial charge in [-0.05, 0) is 25.7 Å². The summed E-state index contributed by atoms with van der Waals surface area (Å²) in [4.78, 5) is 0. The summed E-state index contributed by atoms with van der Waals surface area (Å²) in [5.41, 5.74) is 0. The Bertz CT molecular complexity index is 179. The fourth-order valence-corrected chi connectivity index (χ4v) is 3.45. The zero-order valence-corrected chi connectivity index (χ0v) is 8.71. The fraction of sp³-hybridized carbons (Fsp3) is 1.00. The van der Waals surface area contributed by atoms with Gasteiger partial charge in [0.1, 0.15) is 0 Å². The van der Waals surface area contributed by atoms with Gasteiger partial charge >= 0.3 is 0 Å². The average molecular weight is 184 g/mol. The van der Waals surface area contributed by atoms with Crippen LogP contribution in [0, 0.1) is 5.92 Å². The van der Waals surface area contributed by atoms with Crippen LogP contribution in [0.1, 0.15) is 32.1 Å². The maximum absolute atomic E-state index is 9.33. The Morgan fingerprint density at radius 1 is 1.15 bits per heavy atom. The standard InChI is InChI=1S/C11H22NO/c1-12-7-3-2-6-11(12)10(9-13)5-4-8-12/h10-11,13H,2-9H2,1H3/q+1/t10-,11-,12-/m1/s1. The van der Waals surface area contributed by atoms with E-state index in [0.717, 1.165) is 6.04 Å². The third kappa shape index (κ3) is 1.62. The SMILES string of the molecule is C[N@+]12CCCC[C@@H]1[C@@H](CO)CCC2. The van der Waals surface area contributed by atoms with E-state index in [2.05, 4.69) is 7.05 Å². The molecular weight excluding hydrogens is 162 g/mol.